The molecule has 0 bridgehead atoms. The maximum Gasteiger partial charge on any atom is 0.328 e. The van der Waals surface area contributed by atoms with Crippen LogP contribution in [0.3, 0.4) is 0 Å². The van der Waals surface area contributed by atoms with Crippen molar-refractivity contribution < 1.29 is 14.3 Å². The smallest absolute Gasteiger partial charge is 0.328 e. The largest absolute Gasteiger partial charge is 0.464 e. The van der Waals surface area contributed by atoms with Crippen LogP contribution in [0.2, 0.25) is 0 Å². The minimum absolute atomic E-state index is 0.0720. The minimum atomic E-state index is -0.401. The van der Waals surface area contributed by atoms with Crippen LogP contribution >= 0.6 is 0 Å². The number of nitrogens with zero attached hydrogens (tertiary/aromatic N) is 1. The van der Waals surface area contributed by atoms with Gasteiger partial charge in [0, 0.05) is 12.0 Å². The van der Waals surface area contributed by atoms with Gasteiger partial charge in [-0.25, -0.2) is 4.79 Å². The Hall–Kier alpha value is -1.06. The fourth-order valence-corrected chi connectivity index (χ4v) is 2.20. The summed E-state index contributed by atoms with van der Waals surface area (Å²) in [5.41, 5.74) is -0.401. The van der Waals surface area contributed by atoms with E-state index >= 15 is 0 Å². The summed E-state index contributed by atoms with van der Waals surface area (Å²) in [7, 11) is 0. The lowest BCUT2D eigenvalue weighted by Gasteiger charge is -2.38. The fourth-order valence-electron chi connectivity index (χ4n) is 2.20. The molecule has 0 spiro atoms. The highest BCUT2D eigenvalue weighted by Crippen LogP contribution is 2.28. The molecule has 0 saturated carbocycles. The number of carbonyl (C=O) groups excluding carboxylic acids is 2. The van der Waals surface area contributed by atoms with Gasteiger partial charge in [-0.3, -0.25) is 4.79 Å². The van der Waals surface area contributed by atoms with Gasteiger partial charge in [-0.2, -0.15) is 0 Å². The maximum absolute atomic E-state index is 12.5. The molecule has 1 rings (SSSR count). The van der Waals surface area contributed by atoms with Crippen LogP contribution in [0.15, 0.2) is 0 Å². The van der Waals surface area contributed by atoms with Gasteiger partial charge in [-0.15, -0.1) is 0 Å². The number of ether oxygens (including phenoxy) is 1. The molecule has 0 aromatic rings. The van der Waals surface area contributed by atoms with Crippen LogP contribution in [-0.4, -0.2) is 36.0 Å². The first-order valence-corrected chi connectivity index (χ1v) is 6.91. The van der Waals surface area contributed by atoms with Gasteiger partial charge in [0.05, 0.1) is 6.61 Å². The first-order valence-electron chi connectivity index (χ1n) is 6.91. The Labute approximate surface area is 110 Å². The quantitative estimate of drug-likeness (QED) is 0.724. The summed E-state index contributed by atoms with van der Waals surface area (Å²) < 4.78 is 5.08. The summed E-state index contributed by atoms with van der Waals surface area (Å²) in [4.78, 5) is 26.1. The molecular weight excluding hydrogens is 230 g/mol. The minimum Gasteiger partial charge on any atom is -0.464 e. The molecule has 0 aromatic heterocycles. The summed E-state index contributed by atoms with van der Waals surface area (Å²) in [6, 6.07) is -0.378. The number of carbonyl (C=O) groups is 2. The van der Waals surface area contributed by atoms with Crippen LogP contribution in [-0.2, 0) is 14.3 Å². The van der Waals surface area contributed by atoms with E-state index in [9.17, 15) is 9.59 Å². The highest BCUT2D eigenvalue weighted by atomic mass is 16.5. The van der Waals surface area contributed by atoms with E-state index in [0.29, 0.717) is 13.2 Å². The van der Waals surface area contributed by atoms with E-state index in [1.165, 1.54) is 0 Å². The molecule has 0 aromatic carbocycles. The van der Waals surface area contributed by atoms with Crippen molar-refractivity contribution in [1.82, 2.24) is 4.90 Å². The average Bonchev–Trinajstić information content (AvgIpc) is 2.38. The van der Waals surface area contributed by atoms with Crippen LogP contribution in [0.4, 0.5) is 0 Å². The zero-order valence-electron chi connectivity index (χ0n) is 12.0. The van der Waals surface area contributed by atoms with Gasteiger partial charge < -0.3 is 9.64 Å². The topological polar surface area (TPSA) is 46.6 Å². The fraction of sp³-hybridized carbons (Fsp3) is 0.857. The normalized spacial score (nSPS) is 20.7. The molecule has 4 nitrogen and oxygen atoms in total. The molecule has 1 amide bonds. The highest BCUT2D eigenvalue weighted by molar-refractivity contribution is 5.87. The number of rotatable bonds is 4. The molecular formula is C14H25NO3. The van der Waals surface area contributed by atoms with Gasteiger partial charge >= 0.3 is 5.97 Å². The first-order chi connectivity index (χ1) is 8.44. The average molecular weight is 255 g/mol. The Morgan fingerprint density at radius 2 is 1.94 bits per heavy atom. The molecule has 0 aliphatic carbocycles. The van der Waals surface area contributed by atoms with Crippen molar-refractivity contribution in [2.75, 3.05) is 13.2 Å². The number of piperidine rings is 1. The van der Waals surface area contributed by atoms with E-state index in [-0.39, 0.29) is 17.9 Å². The number of hydrogen-bond donors (Lipinski definition) is 0. The van der Waals surface area contributed by atoms with Crippen molar-refractivity contribution in [3.8, 4) is 0 Å². The Balaban J connectivity index is 2.82. The van der Waals surface area contributed by atoms with E-state index in [1.54, 1.807) is 11.8 Å². The molecule has 0 N–H and O–H groups in total. The van der Waals surface area contributed by atoms with Gasteiger partial charge in [-0.05, 0) is 32.6 Å². The Bertz CT molecular complexity index is 312. The van der Waals surface area contributed by atoms with Gasteiger partial charge in [0.2, 0.25) is 5.91 Å². The summed E-state index contributed by atoms with van der Waals surface area (Å²) in [6.07, 6.45) is 3.46. The van der Waals surface area contributed by atoms with Crippen molar-refractivity contribution >= 4 is 11.9 Å². The summed E-state index contributed by atoms with van der Waals surface area (Å²) in [5, 5.41) is 0. The molecule has 104 valence electrons. The summed E-state index contributed by atoms with van der Waals surface area (Å²) >= 11 is 0. The van der Waals surface area contributed by atoms with E-state index in [4.69, 9.17) is 4.74 Å². The summed E-state index contributed by atoms with van der Waals surface area (Å²) in [6.45, 7) is 8.71. The molecule has 0 radical (unpaired) electrons. The molecule has 18 heavy (non-hydrogen) atoms. The third-order valence-corrected chi connectivity index (χ3v) is 3.79. The number of amides is 1. The van der Waals surface area contributed by atoms with Gasteiger partial charge in [-0.1, -0.05) is 20.8 Å². The van der Waals surface area contributed by atoms with Crippen molar-refractivity contribution in [3.63, 3.8) is 0 Å². The lowest BCUT2D eigenvalue weighted by atomic mass is 9.86. The van der Waals surface area contributed by atoms with E-state index in [2.05, 4.69) is 0 Å². The third kappa shape index (κ3) is 3.24. The molecule has 1 fully saturated rings. The monoisotopic (exact) mass is 255 g/mol. The lowest BCUT2D eigenvalue weighted by Crippen LogP contribution is -2.52. The highest BCUT2D eigenvalue weighted by Gasteiger charge is 2.38. The molecule has 1 atom stereocenters. The van der Waals surface area contributed by atoms with Gasteiger partial charge in [0.15, 0.2) is 0 Å². The second kappa shape index (κ2) is 6.21. The third-order valence-electron chi connectivity index (χ3n) is 3.79. The van der Waals surface area contributed by atoms with E-state index in [1.807, 2.05) is 20.8 Å². The Morgan fingerprint density at radius 1 is 1.28 bits per heavy atom. The van der Waals surface area contributed by atoms with E-state index in [0.717, 1.165) is 25.7 Å². The maximum atomic E-state index is 12.5. The zero-order valence-corrected chi connectivity index (χ0v) is 12.0. The molecule has 1 aliphatic rings. The van der Waals surface area contributed by atoms with Crippen LogP contribution < -0.4 is 0 Å². The Morgan fingerprint density at radius 3 is 2.50 bits per heavy atom. The van der Waals surface area contributed by atoms with Crippen LogP contribution in [0, 0.1) is 5.41 Å². The predicted octanol–water partition coefficient (Wildman–Crippen LogP) is 2.37. The van der Waals surface area contributed by atoms with Crippen molar-refractivity contribution in [1.29, 1.82) is 0 Å². The van der Waals surface area contributed by atoms with Gasteiger partial charge in [0.25, 0.3) is 0 Å². The predicted molar refractivity (Wildman–Crippen MR) is 70.1 cm³/mol. The molecule has 1 saturated heterocycles. The number of hydrogen-bond acceptors (Lipinski definition) is 3. The van der Waals surface area contributed by atoms with Gasteiger partial charge in [0.1, 0.15) is 6.04 Å². The second-order valence-corrected chi connectivity index (χ2v) is 5.50. The number of likely N-dealkylation sites (tertiary alicyclic amines) is 1. The SMILES string of the molecule is CCOC(=O)C1CCCCN1C(=O)C(C)(C)CC. The molecule has 4 heteroatoms. The van der Waals surface area contributed by atoms with Crippen molar-refractivity contribution in [2.24, 2.45) is 5.41 Å². The summed E-state index contributed by atoms with van der Waals surface area (Å²) in [5.74, 6) is -0.180. The zero-order chi connectivity index (χ0) is 13.8. The van der Waals surface area contributed by atoms with Crippen molar-refractivity contribution in [3.05, 3.63) is 0 Å². The lowest BCUT2D eigenvalue weighted by molar-refractivity contribution is -0.160. The number of esters is 1. The molecule has 1 unspecified atom stereocenters. The van der Waals surface area contributed by atoms with Crippen molar-refractivity contribution in [2.45, 2.75) is 59.4 Å². The standard InChI is InChI=1S/C14H25NO3/c1-5-14(3,4)13(17)15-10-8-7-9-11(15)12(16)18-6-2/h11H,5-10H2,1-4H3. The Kier molecular flexibility index (Phi) is 5.17. The molecule has 1 aliphatic heterocycles. The molecule has 1 heterocycles. The first kappa shape index (κ1) is 15.0. The second-order valence-electron chi connectivity index (χ2n) is 5.50. The van der Waals surface area contributed by atoms with Crippen LogP contribution in [0.1, 0.15) is 53.4 Å². The van der Waals surface area contributed by atoms with Crippen LogP contribution in [0.5, 0.6) is 0 Å². The van der Waals surface area contributed by atoms with Crippen LogP contribution in [0.25, 0.3) is 0 Å². The van der Waals surface area contributed by atoms with E-state index < -0.39 is 5.41 Å².